The number of unbranched alkanes of at least 4 members (excludes halogenated alkanes) is 1. The van der Waals surface area contributed by atoms with Gasteiger partial charge in [0, 0.05) is 24.9 Å². The summed E-state index contributed by atoms with van der Waals surface area (Å²) in [6.45, 7) is 6.00. The van der Waals surface area contributed by atoms with Gasteiger partial charge < -0.3 is 10.0 Å². The van der Waals surface area contributed by atoms with Gasteiger partial charge in [0.05, 0.1) is 0 Å². The zero-order valence-electron chi connectivity index (χ0n) is 22.7. The smallest absolute Gasteiger partial charge is 0.330 e. The fraction of sp³-hybridized carbons (Fsp3) is 0.323. The van der Waals surface area contributed by atoms with Gasteiger partial charge >= 0.3 is 5.97 Å². The van der Waals surface area contributed by atoms with Crippen molar-refractivity contribution < 1.29 is 14.7 Å². The van der Waals surface area contributed by atoms with Crippen LogP contribution in [0.1, 0.15) is 51.2 Å². The predicted octanol–water partition coefficient (Wildman–Crippen LogP) is 5.77. The van der Waals surface area contributed by atoms with Gasteiger partial charge in [0.2, 0.25) is 11.7 Å². The summed E-state index contributed by atoms with van der Waals surface area (Å²) in [6, 6.07) is 25.2. The highest BCUT2D eigenvalue weighted by atomic mass is 16.4. The van der Waals surface area contributed by atoms with Crippen LogP contribution >= 0.6 is 0 Å². The van der Waals surface area contributed by atoms with Crippen LogP contribution in [0.2, 0.25) is 0 Å². The first kappa shape index (κ1) is 27.7. The Labute approximate surface area is 229 Å². The third-order valence-corrected chi connectivity index (χ3v) is 7.29. The van der Waals surface area contributed by atoms with E-state index in [9.17, 15) is 14.7 Å². The second-order valence-electron chi connectivity index (χ2n) is 10.1. The van der Waals surface area contributed by atoms with Crippen molar-refractivity contribution in [2.45, 2.75) is 58.5 Å². The fourth-order valence-corrected chi connectivity index (χ4v) is 5.05. The Hall–Kier alpha value is -4.33. The summed E-state index contributed by atoms with van der Waals surface area (Å²) in [4.78, 5) is 28.3. The lowest BCUT2D eigenvalue weighted by Crippen LogP contribution is -2.61. The maximum absolute atomic E-state index is 13.7. The molecule has 1 aromatic heterocycles. The third kappa shape index (κ3) is 6.06. The van der Waals surface area contributed by atoms with E-state index in [2.05, 4.69) is 20.6 Å². The highest BCUT2D eigenvalue weighted by molar-refractivity contribution is 5.88. The van der Waals surface area contributed by atoms with Crippen molar-refractivity contribution in [1.82, 2.24) is 25.5 Å². The molecule has 0 unspecified atom stereocenters. The fourth-order valence-electron chi connectivity index (χ4n) is 5.05. The Bertz CT molecular complexity index is 1370. The van der Waals surface area contributed by atoms with Crippen molar-refractivity contribution in [2.75, 3.05) is 0 Å². The number of aromatic amines is 1. The van der Waals surface area contributed by atoms with Gasteiger partial charge in [-0.25, -0.2) is 4.79 Å². The molecule has 0 aliphatic carbocycles. The summed E-state index contributed by atoms with van der Waals surface area (Å²) < 4.78 is 0. The Balaban J connectivity index is 1.70. The van der Waals surface area contributed by atoms with Crippen molar-refractivity contribution >= 4 is 11.9 Å². The van der Waals surface area contributed by atoms with Crippen LogP contribution in [0.3, 0.4) is 0 Å². The number of nitrogens with zero attached hydrogens (tertiary/aromatic N) is 4. The van der Waals surface area contributed by atoms with Crippen LogP contribution in [-0.2, 0) is 22.6 Å². The standard InChI is InChI=1S/C31H35N5O3/c1-4-5-15-28(37)36(31(22(2)3,30(38)39)20-23-11-7-6-8-12-23)21-24-16-18-25(19-17-24)26-13-9-10-14-27(26)29-32-34-35-33-29/h6-14,16-19,22H,4-5,15,20-21H2,1-3H3,(H,38,39)(H,32,33,34,35)/t31-/m0/s1. The quantitative estimate of drug-likeness (QED) is 0.243. The Morgan fingerprint density at radius 2 is 1.59 bits per heavy atom. The molecule has 0 spiro atoms. The van der Waals surface area contributed by atoms with E-state index in [1.807, 2.05) is 99.6 Å². The van der Waals surface area contributed by atoms with E-state index in [0.29, 0.717) is 18.7 Å². The van der Waals surface area contributed by atoms with Crippen LogP contribution in [0.15, 0.2) is 78.9 Å². The molecule has 8 heteroatoms. The second kappa shape index (κ2) is 12.5. The number of hydrogen-bond donors (Lipinski definition) is 2. The maximum atomic E-state index is 13.7. The normalized spacial score (nSPS) is 12.7. The van der Waals surface area contributed by atoms with Crippen LogP contribution in [-0.4, -0.2) is 48.0 Å². The van der Waals surface area contributed by atoms with Crippen LogP contribution in [0.5, 0.6) is 0 Å². The Kier molecular flexibility index (Phi) is 8.86. The molecule has 8 nitrogen and oxygen atoms in total. The summed E-state index contributed by atoms with van der Waals surface area (Å²) in [5.74, 6) is -0.944. The van der Waals surface area contributed by atoms with Gasteiger partial charge in [-0.05, 0) is 39.8 Å². The number of hydrogen-bond acceptors (Lipinski definition) is 5. The molecule has 0 radical (unpaired) electrons. The summed E-state index contributed by atoms with van der Waals surface area (Å²) in [5, 5.41) is 25.1. The molecule has 0 saturated carbocycles. The largest absolute Gasteiger partial charge is 0.479 e. The van der Waals surface area contributed by atoms with Crippen molar-refractivity contribution in [2.24, 2.45) is 5.92 Å². The van der Waals surface area contributed by atoms with Crippen molar-refractivity contribution in [3.63, 3.8) is 0 Å². The lowest BCUT2D eigenvalue weighted by Gasteiger charge is -2.44. The molecule has 0 bridgehead atoms. The molecule has 1 amide bonds. The van der Waals surface area contributed by atoms with Crippen molar-refractivity contribution in [1.29, 1.82) is 0 Å². The number of H-pyrrole nitrogens is 1. The average molecular weight is 526 g/mol. The number of rotatable bonds is 12. The zero-order chi connectivity index (χ0) is 27.8. The van der Waals surface area contributed by atoms with E-state index < -0.39 is 11.5 Å². The topological polar surface area (TPSA) is 112 Å². The van der Waals surface area contributed by atoms with Gasteiger partial charge in [0.15, 0.2) is 0 Å². The molecule has 0 fully saturated rings. The molecule has 39 heavy (non-hydrogen) atoms. The number of carbonyl (C=O) groups is 2. The monoisotopic (exact) mass is 525 g/mol. The Morgan fingerprint density at radius 3 is 2.18 bits per heavy atom. The lowest BCUT2D eigenvalue weighted by atomic mass is 9.78. The molecule has 1 heterocycles. The van der Waals surface area contributed by atoms with E-state index in [1.54, 1.807) is 4.90 Å². The van der Waals surface area contributed by atoms with Crippen LogP contribution in [0.25, 0.3) is 22.5 Å². The predicted molar refractivity (Wildman–Crippen MR) is 150 cm³/mol. The summed E-state index contributed by atoms with van der Waals surface area (Å²) in [5.41, 5.74) is 3.11. The van der Waals surface area contributed by atoms with Crippen molar-refractivity contribution in [3.8, 4) is 22.5 Å². The van der Waals surface area contributed by atoms with E-state index in [1.165, 1.54) is 0 Å². The molecule has 2 N–H and O–H groups in total. The number of carbonyl (C=O) groups excluding carboxylic acids is 1. The molecule has 0 aliphatic rings. The van der Waals surface area contributed by atoms with Gasteiger partial charge in [-0.1, -0.05) is 106 Å². The number of benzene rings is 3. The molecule has 1 atom stereocenters. The number of amides is 1. The third-order valence-electron chi connectivity index (χ3n) is 7.29. The van der Waals surface area contributed by atoms with E-state index >= 15 is 0 Å². The van der Waals surface area contributed by atoms with Crippen LogP contribution in [0, 0.1) is 5.92 Å². The van der Waals surface area contributed by atoms with Gasteiger partial charge in [0.1, 0.15) is 5.54 Å². The van der Waals surface area contributed by atoms with Crippen LogP contribution in [0.4, 0.5) is 0 Å². The maximum Gasteiger partial charge on any atom is 0.330 e. The SMILES string of the molecule is CCCCC(=O)N(Cc1ccc(-c2ccccc2-c2nn[nH]n2)cc1)[C@](Cc1ccccc1)(C(=O)O)C(C)C. The molecule has 4 aromatic rings. The highest BCUT2D eigenvalue weighted by Crippen LogP contribution is 2.34. The molecule has 3 aromatic carbocycles. The molecule has 0 aliphatic heterocycles. The molecule has 202 valence electrons. The minimum Gasteiger partial charge on any atom is -0.479 e. The lowest BCUT2D eigenvalue weighted by molar-refractivity contribution is -0.164. The molecular formula is C31H35N5O3. The molecule has 0 saturated heterocycles. The summed E-state index contributed by atoms with van der Waals surface area (Å²) in [7, 11) is 0. The Morgan fingerprint density at radius 1 is 0.923 bits per heavy atom. The minimum atomic E-state index is -1.39. The van der Waals surface area contributed by atoms with Gasteiger partial charge in [0.25, 0.3) is 0 Å². The van der Waals surface area contributed by atoms with E-state index in [0.717, 1.165) is 34.2 Å². The number of tetrazole rings is 1. The second-order valence-corrected chi connectivity index (χ2v) is 10.1. The minimum absolute atomic E-state index is 0.143. The highest BCUT2D eigenvalue weighted by Gasteiger charge is 2.49. The van der Waals surface area contributed by atoms with E-state index in [-0.39, 0.29) is 24.8 Å². The molecular weight excluding hydrogens is 490 g/mol. The van der Waals surface area contributed by atoms with Crippen molar-refractivity contribution in [3.05, 3.63) is 90.0 Å². The summed E-state index contributed by atoms with van der Waals surface area (Å²) in [6.07, 6.45) is 2.10. The van der Waals surface area contributed by atoms with Crippen LogP contribution < -0.4 is 0 Å². The first-order valence-corrected chi connectivity index (χ1v) is 13.4. The number of carboxylic acids is 1. The molecule has 4 rings (SSSR count). The van der Waals surface area contributed by atoms with E-state index in [4.69, 9.17) is 0 Å². The van der Waals surface area contributed by atoms with Gasteiger partial charge in [-0.15, -0.1) is 10.2 Å². The van der Waals surface area contributed by atoms with Gasteiger partial charge in [-0.2, -0.15) is 5.21 Å². The first-order chi connectivity index (χ1) is 18.9. The number of nitrogens with one attached hydrogen (secondary N) is 1. The van der Waals surface area contributed by atoms with Gasteiger partial charge in [-0.3, -0.25) is 4.79 Å². The number of aromatic nitrogens is 4. The number of aliphatic carboxylic acids is 1. The first-order valence-electron chi connectivity index (χ1n) is 13.4. The average Bonchev–Trinajstić information content (AvgIpc) is 3.49. The summed E-state index contributed by atoms with van der Waals surface area (Å²) >= 11 is 0. The zero-order valence-corrected chi connectivity index (χ0v) is 22.7. The number of carboxylic acid groups (broad SMARTS) is 1.